The fourth-order valence-electron chi connectivity index (χ4n) is 8.43. The van der Waals surface area contributed by atoms with Gasteiger partial charge in [-0.3, -0.25) is 9.88 Å². The molecule has 4 atom stereocenters. The van der Waals surface area contributed by atoms with Crippen molar-refractivity contribution in [2.45, 2.75) is 68.3 Å². The molecular weight excluding hydrogens is 618 g/mol. The standard InChI is InChI=1S/C36H38F2N6O2S/c1-3-26-29(37)10-9-21-13-24(45)14-27(30(21)26)32-31(38)33-28(17-40-32)34(44-18-22-7-5-8-23(44)16-39-22)42-35(41-33)46-20-36-11-6-12-43(36)19-25(15-36)47-4-2/h1,9-10,13-14,17,22-23,25,39,45H,4-8,11-12,15-16,18-20H2,2H3/t22?,23?,25-,36?/m1/s1. The molecule has 5 saturated heterocycles. The van der Waals surface area contributed by atoms with Crippen molar-refractivity contribution in [1.29, 1.82) is 0 Å². The third kappa shape index (κ3) is 5.25. The molecule has 0 spiro atoms. The van der Waals surface area contributed by atoms with E-state index in [2.05, 4.69) is 32.9 Å². The number of terminal acetylenes is 1. The summed E-state index contributed by atoms with van der Waals surface area (Å²) < 4.78 is 38.3. The van der Waals surface area contributed by atoms with Crippen molar-refractivity contribution in [3.05, 3.63) is 47.7 Å². The maximum Gasteiger partial charge on any atom is 0.319 e. The molecular formula is C36H38F2N6O2S. The number of halogens is 2. The average molecular weight is 657 g/mol. The molecule has 244 valence electrons. The monoisotopic (exact) mass is 656 g/mol. The normalized spacial score (nSPS) is 25.7. The summed E-state index contributed by atoms with van der Waals surface area (Å²) >= 11 is 2.00. The van der Waals surface area contributed by atoms with Crippen molar-refractivity contribution in [1.82, 2.24) is 25.2 Å². The maximum atomic E-state index is 17.0. The van der Waals surface area contributed by atoms with Crippen LogP contribution in [-0.2, 0) is 0 Å². The van der Waals surface area contributed by atoms with Gasteiger partial charge in [0.25, 0.3) is 0 Å². The van der Waals surface area contributed by atoms with Crippen molar-refractivity contribution < 1.29 is 18.6 Å². The summed E-state index contributed by atoms with van der Waals surface area (Å²) in [6.45, 7) is 6.32. The van der Waals surface area contributed by atoms with Gasteiger partial charge in [0, 0.05) is 54.1 Å². The van der Waals surface area contributed by atoms with Gasteiger partial charge >= 0.3 is 6.01 Å². The molecule has 5 aliphatic rings. The Morgan fingerprint density at radius 1 is 1.19 bits per heavy atom. The van der Waals surface area contributed by atoms with E-state index < -0.39 is 11.6 Å². The molecule has 7 heterocycles. The zero-order valence-electron chi connectivity index (χ0n) is 26.4. The molecule has 11 heteroatoms. The van der Waals surface area contributed by atoms with E-state index in [-0.39, 0.29) is 45.7 Å². The number of rotatable bonds is 7. The summed E-state index contributed by atoms with van der Waals surface area (Å²) in [5, 5.41) is 16.1. The van der Waals surface area contributed by atoms with Gasteiger partial charge in [-0.25, -0.2) is 8.78 Å². The van der Waals surface area contributed by atoms with Gasteiger partial charge in [-0.2, -0.15) is 21.7 Å². The first-order valence-electron chi connectivity index (χ1n) is 16.7. The van der Waals surface area contributed by atoms with E-state index in [4.69, 9.17) is 21.1 Å². The number of nitrogens with one attached hydrogen (secondary N) is 1. The molecule has 0 saturated carbocycles. The van der Waals surface area contributed by atoms with E-state index in [1.165, 1.54) is 24.3 Å². The summed E-state index contributed by atoms with van der Waals surface area (Å²) in [7, 11) is 0. The van der Waals surface area contributed by atoms with E-state index in [9.17, 15) is 9.50 Å². The number of hydrogen-bond donors (Lipinski definition) is 2. The van der Waals surface area contributed by atoms with Gasteiger partial charge in [0.2, 0.25) is 0 Å². The predicted octanol–water partition coefficient (Wildman–Crippen LogP) is 5.88. The summed E-state index contributed by atoms with van der Waals surface area (Å²) in [6.07, 6.45) is 13.7. The third-order valence-corrected chi connectivity index (χ3v) is 11.7. The second-order valence-electron chi connectivity index (χ2n) is 13.4. The van der Waals surface area contributed by atoms with E-state index in [1.807, 2.05) is 11.8 Å². The van der Waals surface area contributed by atoms with Gasteiger partial charge in [0.05, 0.1) is 16.5 Å². The van der Waals surface area contributed by atoms with Gasteiger partial charge in [-0.15, -0.1) is 6.42 Å². The Morgan fingerprint density at radius 3 is 2.94 bits per heavy atom. The SMILES string of the molecule is C#Cc1c(F)ccc2cc(O)cc(-c3ncc4c(N5CC6CCCC5CN6)nc(OCC56CCCN5C[C@H](SCC)C6)nc4c3F)c12. The Bertz CT molecular complexity index is 1910. The van der Waals surface area contributed by atoms with Crippen LogP contribution in [0.4, 0.5) is 14.6 Å². The van der Waals surface area contributed by atoms with Crippen LogP contribution in [0.3, 0.4) is 0 Å². The van der Waals surface area contributed by atoms with Gasteiger partial charge in [0.1, 0.15) is 35.2 Å². The zero-order valence-corrected chi connectivity index (χ0v) is 27.3. The Kier molecular flexibility index (Phi) is 7.86. The molecule has 0 amide bonds. The van der Waals surface area contributed by atoms with Crippen LogP contribution >= 0.6 is 11.8 Å². The summed E-state index contributed by atoms with van der Waals surface area (Å²) in [6, 6.07) is 6.26. The minimum absolute atomic E-state index is 0.0178. The number of fused-ring (bicyclic) bond motifs is 7. The number of phenols is 1. The number of anilines is 1. The molecule has 2 N–H and O–H groups in total. The Hall–Kier alpha value is -3.72. The number of benzene rings is 2. The van der Waals surface area contributed by atoms with Crippen molar-refractivity contribution >= 4 is 39.3 Å². The zero-order chi connectivity index (χ0) is 32.3. The third-order valence-electron chi connectivity index (χ3n) is 10.6. The van der Waals surface area contributed by atoms with Gasteiger partial charge in [0.15, 0.2) is 5.82 Å². The fraction of sp³-hybridized carbons (Fsp3) is 0.472. The predicted molar refractivity (Wildman–Crippen MR) is 182 cm³/mol. The van der Waals surface area contributed by atoms with Crippen molar-refractivity contribution in [2.75, 3.05) is 43.4 Å². The lowest BCUT2D eigenvalue weighted by Crippen LogP contribution is -2.54. The second kappa shape index (κ2) is 12.1. The van der Waals surface area contributed by atoms with Crippen LogP contribution in [0.25, 0.3) is 32.9 Å². The summed E-state index contributed by atoms with van der Waals surface area (Å²) in [4.78, 5) is 19.1. The lowest BCUT2D eigenvalue weighted by atomic mass is 9.95. The lowest BCUT2D eigenvalue weighted by Gasteiger charge is -2.38. The van der Waals surface area contributed by atoms with Crippen molar-refractivity contribution in [2.24, 2.45) is 0 Å². The Balaban J connectivity index is 1.26. The maximum absolute atomic E-state index is 17.0. The van der Waals surface area contributed by atoms with Crippen LogP contribution in [0.2, 0.25) is 0 Å². The molecule has 2 aromatic carbocycles. The van der Waals surface area contributed by atoms with Crippen LogP contribution in [-0.4, -0.2) is 86.4 Å². The van der Waals surface area contributed by atoms with Crippen LogP contribution in [0.15, 0.2) is 30.5 Å². The average Bonchev–Trinajstić information content (AvgIpc) is 3.42. The van der Waals surface area contributed by atoms with Gasteiger partial charge < -0.3 is 20.1 Å². The molecule has 0 radical (unpaired) electrons. The number of hydrogen-bond acceptors (Lipinski definition) is 9. The minimum atomic E-state index is -0.700. The minimum Gasteiger partial charge on any atom is -0.508 e. The molecule has 2 aromatic heterocycles. The van der Waals surface area contributed by atoms with Crippen molar-refractivity contribution in [3.63, 3.8) is 0 Å². The van der Waals surface area contributed by atoms with E-state index in [0.29, 0.717) is 39.9 Å². The summed E-state index contributed by atoms with van der Waals surface area (Å²) in [5.74, 6) is 2.69. The van der Waals surface area contributed by atoms with Crippen LogP contribution in [0, 0.1) is 24.0 Å². The quantitative estimate of drug-likeness (QED) is 0.237. The van der Waals surface area contributed by atoms with E-state index in [1.54, 1.807) is 6.20 Å². The van der Waals surface area contributed by atoms with Crippen LogP contribution in [0.1, 0.15) is 51.0 Å². The smallest absolute Gasteiger partial charge is 0.319 e. The number of piperazine rings is 1. The first kappa shape index (κ1) is 30.6. The first-order valence-corrected chi connectivity index (χ1v) is 17.7. The topological polar surface area (TPSA) is 86.6 Å². The highest BCUT2D eigenvalue weighted by atomic mass is 32.2. The summed E-state index contributed by atoms with van der Waals surface area (Å²) in [5.41, 5.74) is 0.0969. The number of pyridine rings is 1. The second-order valence-corrected chi connectivity index (χ2v) is 14.9. The highest BCUT2D eigenvalue weighted by Crippen LogP contribution is 2.44. The molecule has 0 aliphatic carbocycles. The number of thioether (sulfide) groups is 1. The molecule has 5 fully saturated rings. The Morgan fingerprint density at radius 2 is 2.09 bits per heavy atom. The molecule has 4 aromatic rings. The highest BCUT2D eigenvalue weighted by molar-refractivity contribution is 7.99. The lowest BCUT2D eigenvalue weighted by molar-refractivity contribution is 0.108. The fourth-order valence-corrected chi connectivity index (χ4v) is 9.62. The van der Waals surface area contributed by atoms with Crippen molar-refractivity contribution in [3.8, 4) is 35.4 Å². The Labute approximate surface area is 277 Å². The van der Waals surface area contributed by atoms with Gasteiger partial charge in [-0.1, -0.05) is 18.9 Å². The van der Waals surface area contributed by atoms with Crippen LogP contribution < -0.4 is 15.0 Å². The molecule has 8 nitrogen and oxygen atoms in total. The number of aromatic nitrogens is 3. The number of phenolic OH excluding ortho intramolecular Hbond substituents is 1. The molecule has 9 rings (SSSR count). The van der Waals surface area contributed by atoms with E-state index >= 15 is 4.39 Å². The van der Waals surface area contributed by atoms with E-state index in [0.717, 1.165) is 70.5 Å². The molecule has 3 unspecified atom stereocenters. The van der Waals surface area contributed by atoms with Gasteiger partial charge in [-0.05, 0) is 74.4 Å². The highest BCUT2D eigenvalue weighted by Gasteiger charge is 2.49. The van der Waals surface area contributed by atoms with Crippen LogP contribution in [0.5, 0.6) is 11.8 Å². The molecule has 2 bridgehead atoms. The largest absolute Gasteiger partial charge is 0.508 e. The number of nitrogens with zero attached hydrogens (tertiary/aromatic N) is 5. The molecule has 47 heavy (non-hydrogen) atoms. The number of ether oxygens (including phenoxy) is 1. The first-order chi connectivity index (χ1) is 22.9. The molecule has 5 aliphatic heterocycles. The number of aromatic hydroxyl groups is 1.